The van der Waals surface area contributed by atoms with Gasteiger partial charge in [-0.25, -0.2) is 0 Å². The maximum Gasteiger partial charge on any atom is 0.314 e. The lowest BCUT2D eigenvalue weighted by molar-refractivity contribution is -0.140. The van der Waals surface area contributed by atoms with Crippen LogP contribution < -0.4 is 4.74 Å². The van der Waals surface area contributed by atoms with Gasteiger partial charge in [0.05, 0.1) is 5.92 Å². The highest BCUT2D eigenvalue weighted by atomic mass is 19.3. The number of esters is 1. The first-order valence-electron chi connectivity index (χ1n) is 7.43. The third-order valence-corrected chi connectivity index (χ3v) is 4.13. The molecular formula is C17H20F2O2. The fourth-order valence-electron chi connectivity index (χ4n) is 2.76. The molecule has 1 aliphatic carbocycles. The number of benzene rings is 1. The molecule has 0 spiro atoms. The summed E-state index contributed by atoms with van der Waals surface area (Å²) in [6, 6.07) is 6.11. The van der Waals surface area contributed by atoms with Gasteiger partial charge >= 0.3 is 5.97 Å². The van der Waals surface area contributed by atoms with Crippen molar-refractivity contribution in [2.24, 2.45) is 11.8 Å². The highest BCUT2D eigenvalue weighted by Crippen LogP contribution is 2.31. The van der Waals surface area contributed by atoms with Gasteiger partial charge in [-0.1, -0.05) is 25.5 Å². The molecule has 21 heavy (non-hydrogen) atoms. The lowest BCUT2D eigenvalue weighted by Crippen LogP contribution is -2.25. The van der Waals surface area contributed by atoms with Crippen molar-refractivity contribution < 1.29 is 18.3 Å². The van der Waals surface area contributed by atoms with Gasteiger partial charge in [-0.05, 0) is 49.3 Å². The first kappa shape index (κ1) is 15.7. The first-order chi connectivity index (χ1) is 10.1. The molecule has 0 heterocycles. The molecule has 2 nitrogen and oxygen atoms in total. The first-order valence-corrected chi connectivity index (χ1v) is 7.43. The molecular weight excluding hydrogens is 274 g/mol. The van der Waals surface area contributed by atoms with Gasteiger partial charge in [0.2, 0.25) is 0 Å². The zero-order valence-electron chi connectivity index (χ0n) is 12.1. The summed E-state index contributed by atoms with van der Waals surface area (Å²) in [7, 11) is 0. The topological polar surface area (TPSA) is 26.3 Å². The third-order valence-electron chi connectivity index (χ3n) is 4.13. The third kappa shape index (κ3) is 4.66. The van der Waals surface area contributed by atoms with Gasteiger partial charge in [0, 0.05) is 6.08 Å². The fraction of sp³-hybridized carbons (Fsp3) is 0.471. The van der Waals surface area contributed by atoms with Crippen LogP contribution in [0, 0.1) is 11.8 Å². The molecule has 0 unspecified atom stereocenters. The highest BCUT2D eigenvalue weighted by Gasteiger charge is 2.26. The van der Waals surface area contributed by atoms with E-state index in [1.54, 1.807) is 12.1 Å². The number of halogens is 2. The van der Waals surface area contributed by atoms with E-state index in [0.717, 1.165) is 37.7 Å². The normalized spacial score (nSPS) is 21.7. The fourth-order valence-corrected chi connectivity index (χ4v) is 2.76. The summed E-state index contributed by atoms with van der Waals surface area (Å²) in [6.07, 6.45) is 4.12. The van der Waals surface area contributed by atoms with Crippen molar-refractivity contribution in [1.29, 1.82) is 0 Å². The van der Waals surface area contributed by atoms with Crippen LogP contribution in [0.25, 0.3) is 6.08 Å². The van der Waals surface area contributed by atoms with Crippen LogP contribution in [0.15, 0.2) is 30.3 Å². The molecule has 0 aromatic heterocycles. The Kier molecular flexibility index (Phi) is 5.48. The molecule has 1 fully saturated rings. The van der Waals surface area contributed by atoms with E-state index in [0.29, 0.717) is 11.3 Å². The minimum Gasteiger partial charge on any atom is -0.426 e. The van der Waals surface area contributed by atoms with Crippen molar-refractivity contribution in [2.45, 2.75) is 39.0 Å². The minimum absolute atomic E-state index is 0.0318. The lowest BCUT2D eigenvalue weighted by atomic mass is 9.81. The van der Waals surface area contributed by atoms with Crippen LogP contribution in [0.1, 0.15) is 44.6 Å². The Morgan fingerprint density at radius 3 is 2.33 bits per heavy atom. The van der Waals surface area contributed by atoms with E-state index in [4.69, 9.17) is 4.74 Å². The van der Waals surface area contributed by atoms with Crippen LogP contribution in [0.4, 0.5) is 8.78 Å². The van der Waals surface area contributed by atoms with E-state index in [1.165, 1.54) is 18.6 Å². The second-order valence-corrected chi connectivity index (χ2v) is 5.55. The summed E-state index contributed by atoms with van der Waals surface area (Å²) in [5.41, 5.74) is 0.387. The van der Waals surface area contributed by atoms with Crippen molar-refractivity contribution in [3.63, 3.8) is 0 Å². The Labute approximate surface area is 123 Å². The number of hydrogen-bond donors (Lipinski definition) is 0. The number of carbonyl (C=O) groups excluding carboxylic acids is 1. The van der Waals surface area contributed by atoms with Crippen LogP contribution in [0.5, 0.6) is 5.75 Å². The van der Waals surface area contributed by atoms with Crippen LogP contribution in [0.2, 0.25) is 0 Å². The van der Waals surface area contributed by atoms with E-state index in [1.807, 2.05) is 0 Å². The van der Waals surface area contributed by atoms with E-state index < -0.39 is 6.08 Å². The Bertz CT molecular complexity index is 496. The summed E-state index contributed by atoms with van der Waals surface area (Å²) in [5, 5.41) is 0. The summed E-state index contributed by atoms with van der Waals surface area (Å²) < 4.78 is 29.6. The molecule has 0 aliphatic heterocycles. The maximum absolute atomic E-state index is 12.1. The monoisotopic (exact) mass is 294 g/mol. The maximum atomic E-state index is 12.1. The zero-order chi connectivity index (χ0) is 15.2. The van der Waals surface area contributed by atoms with Crippen LogP contribution in [-0.4, -0.2) is 5.97 Å². The molecule has 0 bridgehead atoms. The standard InChI is InChI=1S/C17H20F2O2/c1-2-12-3-7-14(8-4-12)17(20)21-15-9-5-13(6-10-15)11-16(18)19/h5-6,9-12,14H,2-4,7-8H2,1H3. The summed E-state index contributed by atoms with van der Waals surface area (Å²) in [5.74, 6) is 0.907. The van der Waals surface area contributed by atoms with Gasteiger partial charge in [-0.2, -0.15) is 8.78 Å². The molecule has 1 aromatic rings. The second kappa shape index (κ2) is 7.34. The van der Waals surface area contributed by atoms with Crippen LogP contribution in [0.3, 0.4) is 0 Å². The molecule has 1 aliphatic rings. The van der Waals surface area contributed by atoms with Gasteiger partial charge in [0.1, 0.15) is 5.75 Å². The zero-order valence-corrected chi connectivity index (χ0v) is 12.1. The minimum atomic E-state index is -1.74. The van der Waals surface area contributed by atoms with Gasteiger partial charge in [-0.15, -0.1) is 0 Å². The number of carbonyl (C=O) groups is 1. The molecule has 0 N–H and O–H groups in total. The van der Waals surface area contributed by atoms with Crippen molar-refractivity contribution in [3.05, 3.63) is 35.9 Å². The summed E-state index contributed by atoms with van der Waals surface area (Å²) in [4.78, 5) is 12.1. The van der Waals surface area contributed by atoms with Gasteiger partial charge in [-0.3, -0.25) is 4.79 Å². The van der Waals surface area contributed by atoms with E-state index in [9.17, 15) is 13.6 Å². The average molecular weight is 294 g/mol. The Hall–Kier alpha value is -1.71. The largest absolute Gasteiger partial charge is 0.426 e. The predicted molar refractivity (Wildman–Crippen MR) is 78.0 cm³/mol. The van der Waals surface area contributed by atoms with Crippen molar-refractivity contribution in [1.82, 2.24) is 0 Å². The van der Waals surface area contributed by atoms with Crippen LogP contribution in [-0.2, 0) is 4.79 Å². The molecule has 1 saturated carbocycles. The predicted octanol–water partition coefficient (Wildman–Crippen LogP) is 5.05. The quantitative estimate of drug-likeness (QED) is 0.574. The van der Waals surface area contributed by atoms with Crippen LogP contribution >= 0.6 is 0 Å². The number of hydrogen-bond acceptors (Lipinski definition) is 2. The molecule has 114 valence electrons. The van der Waals surface area contributed by atoms with Crippen molar-refractivity contribution in [3.8, 4) is 5.75 Å². The van der Waals surface area contributed by atoms with Crippen molar-refractivity contribution >= 4 is 12.0 Å². The average Bonchev–Trinajstić information content (AvgIpc) is 2.49. The van der Waals surface area contributed by atoms with E-state index >= 15 is 0 Å². The van der Waals surface area contributed by atoms with Gasteiger partial charge < -0.3 is 4.74 Å². The molecule has 0 amide bonds. The van der Waals surface area contributed by atoms with Gasteiger partial charge in [0.25, 0.3) is 6.08 Å². The molecule has 1 aromatic carbocycles. The van der Waals surface area contributed by atoms with Gasteiger partial charge in [0.15, 0.2) is 0 Å². The molecule has 2 rings (SSSR count). The number of ether oxygens (including phenoxy) is 1. The SMILES string of the molecule is CCC1CCC(C(=O)Oc2ccc(C=C(F)F)cc2)CC1. The molecule has 0 radical (unpaired) electrons. The van der Waals surface area contributed by atoms with E-state index in [-0.39, 0.29) is 11.9 Å². The molecule has 0 atom stereocenters. The lowest BCUT2D eigenvalue weighted by Gasteiger charge is -2.26. The highest BCUT2D eigenvalue weighted by molar-refractivity contribution is 5.75. The Morgan fingerprint density at radius 2 is 1.81 bits per heavy atom. The molecule has 0 saturated heterocycles. The van der Waals surface area contributed by atoms with E-state index in [2.05, 4.69) is 6.92 Å². The Balaban J connectivity index is 1.89. The summed E-state index contributed by atoms with van der Waals surface area (Å²) in [6.45, 7) is 2.18. The summed E-state index contributed by atoms with van der Waals surface area (Å²) >= 11 is 0. The Morgan fingerprint density at radius 1 is 1.19 bits per heavy atom. The number of rotatable bonds is 4. The molecule has 4 heteroatoms. The van der Waals surface area contributed by atoms with Crippen molar-refractivity contribution in [2.75, 3.05) is 0 Å². The smallest absolute Gasteiger partial charge is 0.314 e. The second-order valence-electron chi connectivity index (χ2n) is 5.55.